The number of carbonyl (C=O) groups excluding carboxylic acids is 1. The van der Waals surface area contributed by atoms with Gasteiger partial charge in [0.15, 0.2) is 0 Å². The van der Waals surface area contributed by atoms with Crippen LogP contribution in [-0.4, -0.2) is 23.0 Å². The van der Waals surface area contributed by atoms with Crippen molar-refractivity contribution in [3.05, 3.63) is 24.3 Å². The Balaban J connectivity index is 2.19. The molecule has 1 heterocycles. The average molecular weight is 279 g/mol. The van der Waals surface area contributed by atoms with Gasteiger partial charge >= 0.3 is 5.51 Å². The zero-order valence-corrected chi connectivity index (χ0v) is 10.2. The van der Waals surface area contributed by atoms with Crippen molar-refractivity contribution in [2.45, 2.75) is 10.4 Å². The highest BCUT2D eigenvalue weighted by molar-refractivity contribution is 8.00. The molecule has 0 unspecified atom stereocenters. The number of hydrogen-bond donors (Lipinski definition) is 0. The summed E-state index contributed by atoms with van der Waals surface area (Å²) in [5, 5.41) is 0. The van der Waals surface area contributed by atoms with Crippen molar-refractivity contribution in [1.82, 2.24) is 0 Å². The number of thioether (sulfide) groups is 2. The van der Waals surface area contributed by atoms with E-state index in [0.29, 0.717) is 17.3 Å². The molecule has 1 saturated heterocycles. The summed E-state index contributed by atoms with van der Waals surface area (Å²) < 4.78 is 36.6. The van der Waals surface area contributed by atoms with Gasteiger partial charge in [0, 0.05) is 10.6 Å². The summed E-state index contributed by atoms with van der Waals surface area (Å²) >= 11 is 1.28. The fourth-order valence-corrected chi connectivity index (χ4v) is 2.93. The first kappa shape index (κ1) is 12.6. The topological polar surface area (TPSA) is 20.3 Å². The van der Waals surface area contributed by atoms with Gasteiger partial charge < -0.3 is 4.90 Å². The largest absolute Gasteiger partial charge is 0.446 e. The molecule has 7 heteroatoms. The number of hydrogen-bond acceptors (Lipinski definition) is 3. The molecule has 2 rings (SSSR count). The summed E-state index contributed by atoms with van der Waals surface area (Å²) in [6, 6.07) is 5.95. The number of amides is 1. The summed E-state index contributed by atoms with van der Waals surface area (Å²) in [6.07, 6.45) is 0. The van der Waals surface area contributed by atoms with Gasteiger partial charge in [-0.1, -0.05) is 6.07 Å². The molecule has 1 aromatic rings. The SMILES string of the molecule is O=C1CSCN1c1cccc(SC(F)(F)F)c1. The lowest BCUT2D eigenvalue weighted by Gasteiger charge is -2.15. The molecule has 92 valence electrons. The number of benzene rings is 1. The van der Waals surface area contributed by atoms with Crippen LogP contribution in [0.2, 0.25) is 0 Å². The normalized spacial score (nSPS) is 16.6. The van der Waals surface area contributed by atoms with Gasteiger partial charge in [0.25, 0.3) is 0 Å². The van der Waals surface area contributed by atoms with E-state index in [0.717, 1.165) is 0 Å². The van der Waals surface area contributed by atoms with Crippen molar-refractivity contribution < 1.29 is 18.0 Å². The van der Waals surface area contributed by atoms with Crippen LogP contribution >= 0.6 is 23.5 Å². The Morgan fingerprint density at radius 1 is 1.35 bits per heavy atom. The van der Waals surface area contributed by atoms with Crippen LogP contribution in [0.25, 0.3) is 0 Å². The summed E-state index contributed by atoms with van der Waals surface area (Å²) in [5.41, 5.74) is -3.78. The smallest absolute Gasteiger partial charge is 0.302 e. The fourth-order valence-electron chi connectivity index (χ4n) is 1.44. The van der Waals surface area contributed by atoms with Gasteiger partial charge in [-0.25, -0.2) is 0 Å². The Bertz CT molecular complexity index is 436. The van der Waals surface area contributed by atoms with E-state index < -0.39 is 5.51 Å². The van der Waals surface area contributed by atoms with Gasteiger partial charge in [0.1, 0.15) is 0 Å². The van der Waals surface area contributed by atoms with Gasteiger partial charge in [-0.3, -0.25) is 4.79 Å². The lowest BCUT2D eigenvalue weighted by atomic mass is 10.3. The van der Waals surface area contributed by atoms with Crippen LogP contribution in [0.5, 0.6) is 0 Å². The Morgan fingerprint density at radius 3 is 2.71 bits per heavy atom. The van der Waals surface area contributed by atoms with Crippen molar-refractivity contribution in [3.63, 3.8) is 0 Å². The number of rotatable bonds is 2. The molecule has 0 N–H and O–H groups in total. The minimum atomic E-state index is -4.30. The van der Waals surface area contributed by atoms with E-state index in [4.69, 9.17) is 0 Å². The maximum atomic E-state index is 12.2. The number of alkyl halides is 3. The van der Waals surface area contributed by atoms with Gasteiger partial charge in [-0.2, -0.15) is 13.2 Å². The molecule has 0 aromatic heterocycles. The summed E-state index contributed by atoms with van der Waals surface area (Å²) in [5.74, 6) is 0.819. The highest BCUT2D eigenvalue weighted by Crippen LogP contribution is 2.38. The first-order chi connectivity index (χ1) is 7.96. The first-order valence-electron chi connectivity index (χ1n) is 4.70. The fraction of sp³-hybridized carbons (Fsp3) is 0.300. The number of anilines is 1. The van der Waals surface area contributed by atoms with Gasteiger partial charge in [-0.05, 0) is 30.0 Å². The monoisotopic (exact) mass is 279 g/mol. The molecular weight excluding hydrogens is 271 g/mol. The lowest BCUT2D eigenvalue weighted by Crippen LogP contribution is -2.24. The highest BCUT2D eigenvalue weighted by atomic mass is 32.2. The van der Waals surface area contributed by atoms with Gasteiger partial charge in [0.05, 0.1) is 11.6 Å². The molecule has 0 radical (unpaired) electrons. The molecule has 1 aliphatic heterocycles. The van der Waals surface area contributed by atoms with E-state index in [1.54, 1.807) is 6.07 Å². The van der Waals surface area contributed by atoms with E-state index in [9.17, 15) is 18.0 Å². The maximum Gasteiger partial charge on any atom is 0.446 e. The van der Waals surface area contributed by atoms with Crippen molar-refractivity contribution in [1.29, 1.82) is 0 Å². The molecule has 2 nitrogen and oxygen atoms in total. The third-order valence-corrected chi connectivity index (χ3v) is 3.72. The first-order valence-corrected chi connectivity index (χ1v) is 6.67. The molecule has 0 atom stereocenters. The second kappa shape index (κ2) is 4.81. The van der Waals surface area contributed by atoms with E-state index in [1.165, 1.54) is 34.9 Å². The predicted molar refractivity (Wildman–Crippen MR) is 63.2 cm³/mol. The number of carbonyl (C=O) groups is 1. The van der Waals surface area contributed by atoms with Crippen molar-refractivity contribution in [2.75, 3.05) is 16.5 Å². The standard InChI is InChI=1S/C10H8F3NOS2/c11-10(12,13)17-8-3-1-2-7(4-8)14-6-16-5-9(14)15/h1-4H,5-6H2. The third kappa shape index (κ3) is 3.32. The molecular formula is C10H8F3NOS2. The Morgan fingerprint density at radius 2 is 2.12 bits per heavy atom. The molecule has 0 spiro atoms. The molecule has 17 heavy (non-hydrogen) atoms. The predicted octanol–water partition coefficient (Wildman–Crippen LogP) is 3.34. The van der Waals surface area contributed by atoms with Crippen LogP contribution in [0.4, 0.5) is 18.9 Å². The number of halogens is 3. The molecule has 1 aliphatic rings. The Kier molecular flexibility index (Phi) is 3.58. The third-order valence-electron chi connectivity index (χ3n) is 2.11. The van der Waals surface area contributed by atoms with Crippen LogP contribution in [-0.2, 0) is 4.79 Å². The maximum absolute atomic E-state index is 12.2. The molecule has 1 fully saturated rings. The summed E-state index contributed by atoms with van der Waals surface area (Å²) in [6.45, 7) is 0. The summed E-state index contributed by atoms with van der Waals surface area (Å²) in [4.78, 5) is 13.0. The van der Waals surface area contributed by atoms with Crippen molar-refractivity contribution >= 4 is 35.1 Å². The van der Waals surface area contributed by atoms with Crippen molar-refractivity contribution in [3.8, 4) is 0 Å². The highest BCUT2D eigenvalue weighted by Gasteiger charge is 2.30. The number of nitrogens with zero attached hydrogens (tertiary/aromatic N) is 1. The van der Waals surface area contributed by atoms with Gasteiger partial charge in [-0.15, -0.1) is 11.8 Å². The van der Waals surface area contributed by atoms with Crippen LogP contribution < -0.4 is 4.90 Å². The van der Waals surface area contributed by atoms with Crippen LogP contribution in [0.1, 0.15) is 0 Å². The van der Waals surface area contributed by atoms with Gasteiger partial charge in [0.2, 0.25) is 5.91 Å². The molecule has 0 bridgehead atoms. The van der Waals surface area contributed by atoms with Crippen molar-refractivity contribution in [2.24, 2.45) is 0 Å². The van der Waals surface area contributed by atoms with Crippen LogP contribution in [0.15, 0.2) is 29.2 Å². The second-order valence-electron chi connectivity index (χ2n) is 3.34. The lowest BCUT2D eigenvalue weighted by molar-refractivity contribution is -0.115. The quantitative estimate of drug-likeness (QED) is 0.774. The van der Waals surface area contributed by atoms with Crippen LogP contribution in [0.3, 0.4) is 0 Å². The molecule has 0 saturated carbocycles. The van der Waals surface area contributed by atoms with E-state index in [1.807, 2.05) is 0 Å². The molecule has 0 aliphatic carbocycles. The summed E-state index contributed by atoms with van der Waals surface area (Å²) in [7, 11) is 0. The second-order valence-corrected chi connectivity index (χ2v) is 5.44. The molecule has 1 amide bonds. The Hall–Kier alpha value is -0.820. The average Bonchev–Trinajstić information content (AvgIpc) is 2.62. The minimum absolute atomic E-state index is 0.0656. The van der Waals surface area contributed by atoms with E-state index >= 15 is 0 Å². The van der Waals surface area contributed by atoms with E-state index in [-0.39, 0.29) is 22.6 Å². The Labute approximate surface area is 105 Å². The minimum Gasteiger partial charge on any atom is -0.302 e. The zero-order valence-electron chi connectivity index (χ0n) is 8.53. The molecule has 1 aromatic carbocycles. The zero-order chi connectivity index (χ0) is 12.5. The van der Waals surface area contributed by atoms with Crippen LogP contribution in [0, 0.1) is 0 Å². The van der Waals surface area contributed by atoms with E-state index in [2.05, 4.69) is 0 Å².